The summed E-state index contributed by atoms with van der Waals surface area (Å²) in [5.74, 6) is -1.42. The molecular formula is C15H16N4O3. The number of rotatable bonds is 4. The van der Waals surface area contributed by atoms with Crippen LogP contribution in [0.4, 0.5) is 0 Å². The lowest BCUT2D eigenvalue weighted by Gasteiger charge is -2.22. The molecule has 1 aliphatic rings. The summed E-state index contributed by atoms with van der Waals surface area (Å²) in [5.41, 5.74) is 0.175. The Bertz CT molecular complexity index is 684. The summed E-state index contributed by atoms with van der Waals surface area (Å²) in [4.78, 5) is 31.3. The summed E-state index contributed by atoms with van der Waals surface area (Å²) in [6.07, 6.45) is 9.57. The lowest BCUT2D eigenvalue weighted by Crippen LogP contribution is -2.38. The van der Waals surface area contributed by atoms with E-state index in [1.807, 2.05) is 10.8 Å². The Hall–Kier alpha value is -2.70. The zero-order valence-corrected chi connectivity index (χ0v) is 11.8. The van der Waals surface area contributed by atoms with Crippen LogP contribution in [-0.2, 0) is 0 Å². The average Bonchev–Trinajstić information content (AvgIpc) is 3.18. The summed E-state index contributed by atoms with van der Waals surface area (Å²) < 4.78 is 2.00. The smallest absolute Gasteiger partial charge is 0.335 e. The first-order chi connectivity index (χ1) is 10.6. The molecule has 1 saturated carbocycles. The van der Waals surface area contributed by atoms with E-state index in [-0.39, 0.29) is 29.2 Å². The van der Waals surface area contributed by atoms with Crippen molar-refractivity contribution >= 4 is 11.9 Å². The van der Waals surface area contributed by atoms with Crippen molar-refractivity contribution in [3.05, 3.63) is 48.3 Å². The molecule has 2 atom stereocenters. The highest BCUT2D eigenvalue weighted by Gasteiger charge is 2.30. The number of imidazole rings is 1. The third kappa shape index (κ3) is 2.83. The lowest BCUT2D eigenvalue weighted by atomic mass is 10.1. The topological polar surface area (TPSA) is 97.1 Å². The number of carbonyl (C=O) groups excluding carboxylic acids is 1. The summed E-state index contributed by atoms with van der Waals surface area (Å²) in [6, 6.07) is 2.83. The van der Waals surface area contributed by atoms with Gasteiger partial charge in [0.2, 0.25) is 0 Å². The van der Waals surface area contributed by atoms with Gasteiger partial charge in [-0.15, -0.1) is 0 Å². The molecule has 2 aromatic heterocycles. The third-order valence-corrected chi connectivity index (χ3v) is 3.94. The van der Waals surface area contributed by atoms with Crippen LogP contribution in [0.15, 0.2) is 37.1 Å². The maximum atomic E-state index is 12.3. The number of amides is 1. The van der Waals surface area contributed by atoms with Gasteiger partial charge in [-0.1, -0.05) is 0 Å². The van der Waals surface area contributed by atoms with Crippen LogP contribution in [0.2, 0.25) is 0 Å². The largest absolute Gasteiger partial charge is 0.478 e. The molecule has 22 heavy (non-hydrogen) atoms. The normalized spacial score (nSPS) is 20.7. The molecule has 0 bridgehead atoms. The molecule has 7 nitrogen and oxygen atoms in total. The van der Waals surface area contributed by atoms with E-state index in [4.69, 9.17) is 5.11 Å². The van der Waals surface area contributed by atoms with Crippen molar-refractivity contribution < 1.29 is 14.7 Å². The number of hydrogen-bond acceptors (Lipinski definition) is 4. The molecule has 114 valence electrons. The highest BCUT2D eigenvalue weighted by atomic mass is 16.4. The Balaban J connectivity index is 1.73. The number of pyridine rings is 1. The van der Waals surface area contributed by atoms with E-state index in [0.717, 1.165) is 19.3 Å². The van der Waals surface area contributed by atoms with Gasteiger partial charge in [0.15, 0.2) is 0 Å². The Morgan fingerprint density at radius 1 is 1.32 bits per heavy atom. The molecule has 1 amide bonds. The molecule has 1 aliphatic carbocycles. The second-order valence-electron chi connectivity index (χ2n) is 5.32. The van der Waals surface area contributed by atoms with Crippen molar-refractivity contribution in [2.24, 2.45) is 0 Å². The molecule has 7 heteroatoms. The number of nitrogens with zero attached hydrogens (tertiary/aromatic N) is 3. The van der Waals surface area contributed by atoms with Crippen LogP contribution in [0.1, 0.15) is 46.2 Å². The van der Waals surface area contributed by atoms with Crippen LogP contribution in [0.25, 0.3) is 0 Å². The monoisotopic (exact) mass is 300 g/mol. The van der Waals surface area contributed by atoms with Crippen molar-refractivity contribution in [3.63, 3.8) is 0 Å². The van der Waals surface area contributed by atoms with Crippen molar-refractivity contribution in [3.8, 4) is 0 Å². The predicted octanol–water partition coefficient (Wildman–Crippen LogP) is 1.50. The van der Waals surface area contributed by atoms with Crippen molar-refractivity contribution in [2.45, 2.75) is 31.3 Å². The highest BCUT2D eigenvalue weighted by molar-refractivity contribution is 5.95. The first-order valence-corrected chi connectivity index (χ1v) is 7.13. The van der Waals surface area contributed by atoms with Gasteiger partial charge < -0.3 is 15.0 Å². The van der Waals surface area contributed by atoms with Gasteiger partial charge in [0, 0.05) is 24.6 Å². The Morgan fingerprint density at radius 3 is 2.91 bits per heavy atom. The minimum atomic E-state index is -1.08. The van der Waals surface area contributed by atoms with E-state index in [2.05, 4.69) is 15.3 Å². The number of aromatic carboxylic acids is 1. The fourth-order valence-electron chi connectivity index (χ4n) is 2.86. The van der Waals surface area contributed by atoms with Gasteiger partial charge in [0.1, 0.15) is 5.69 Å². The number of nitrogens with one attached hydrogen (secondary N) is 1. The number of carbonyl (C=O) groups is 2. The number of aromatic nitrogens is 3. The summed E-state index contributed by atoms with van der Waals surface area (Å²) >= 11 is 0. The molecule has 2 aromatic rings. The Morgan fingerprint density at radius 2 is 2.18 bits per heavy atom. The zero-order valence-electron chi connectivity index (χ0n) is 11.8. The van der Waals surface area contributed by atoms with Crippen LogP contribution < -0.4 is 5.32 Å². The fraction of sp³-hybridized carbons (Fsp3) is 0.333. The van der Waals surface area contributed by atoms with Crippen LogP contribution in [-0.4, -0.2) is 37.6 Å². The minimum absolute atomic E-state index is 0.00279. The van der Waals surface area contributed by atoms with Crippen molar-refractivity contribution in [2.75, 3.05) is 0 Å². The molecular weight excluding hydrogens is 284 g/mol. The fourth-order valence-corrected chi connectivity index (χ4v) is 2.86. The SMILES string of the molecule is O=C(O)c1ccnc(C(=O)N[C@@H]2CCC[C@@H]2n2ccnc2)c1. The van der Waals surface area contributed by atoms with E-state index in [1.54, 1.807) is 12.5 Å². The quantitative estimate of drug-likeness (QED) is 0.891. The average molecular weight is 300 g/mol. The van der Waals surface area contributed by atoms with Crippen molar-refractivity contribution in [1.82, 2.24) is 19.9 Å². The highest BCUT2D eigenvalue weighted by Crippen LogP contribution is 2.30. The number of carboxylic acids is 1. The summed E-state index contributed by atoms with van der Waals surface area (Å²) in [7, 11) is 0. The molecule has 0 saturated heterocycles. The maximum absolute atomic E-state index is 12.3. The third-order valence-electron chi connectivity index (χ3n) is 3.94. The van der Waals surface area contributed by atoms with E-state index in [9.17, 15) is 9.59 Å². The van der Waals surface area contributed by atoms with Gasteiger partial charge in [-0.2, -0.15) is 0 Å². The van der Waals surface area contributed by atoms with E-state index in [0.29, 0.717) is 0 Å². The molecule has 0 radical (unpaired) electrons. The molecule has 2 N–H and O–H groups in total. The molecule has 2 heterocycles. The molecule has 3 rings (SSSR count). The second kappa shape index (κ2) is 5.97. The summed E-state index contributed by atoms with van der Waals surface area (Å²) in [5, 5.41) is 11.9. The van der Waals surface area contributed by atoms with Gasteiger partial charge in [-0.25, -0.2) is 9.78 Å². The van der Waals surface area contributed by atoms with Gasteiger partial charge in [0.05, 0.1) is 17.9 Å². The number of carboxylic acid groups (broad SMARTS) is 1. The Labute approximate surface area is 127 Å². The second-order valence-corrected chi connectivity index (χ2v) is 5.32. The Kier molecular flexibility index (Phi) is 3.86. The van der Waals surface area contributed by atoms with Crippen LogP contribution in [0.3, 0.4) is 0 Å². The molecule has 0 spiro atoms. The molecule has 0 unspecified atom stereocenters. The predicted molar refractivity (Wildman–Crippen MR) is 77.6 cm³/mol. The van der Waals surface area contributed by atoms with Gasteiger partial charge in [0.25, 0.3) is 5.91 Å². The van der Waals surface area contributed by atoms with Crippen LogP contribution in [0, 0.1) is 0 Å². The van der Waals surface area contributed by atoms with Crippen molar-refractivity contribution in [1.29, 1.82) is 0 Å². The first-order valence-electron chi connectivity index (χ1n) is 7.13. The minimum Gasteiger partial charge on any atom is -0.478 e. The standard InChI is InChI=1S/C15H16N4O3/c20-14(12-8-10(15(21)22)4-5-17-12)18-11-2-1-3-13(11)19-7-6-16-9-19/h4-9,11,13H,1-3H2,(H,18,20)(H,21,22)/t11-,13+/m1/s1. The van der Waals surface area contributed by atoms with E-state index >= 15 is 0 Å². The van der Waals surface area contributed by atoms with E-state index < -0.39 is 5.97 Å². The van der Waals surface area contributed by atoms with Gasteiger partial charge in [-0.3, -0.25) is 9.78 Å². The lowest BCUT2D eigenvalue weighted by molar-refractivity contribution is 0.0696. The van der Waals surface area contributed by atoms with Gasteiger partial charge >= 0.3 is 5.97 Å². The summed E-state index contributed by atoms with van der Waals surface area (Å²) in [6.45, 7) is 0. The molecule has 0 aliphatic heterocycles. The van der Waals surface area contributed by atoms with E-state index in [1.165, 1.54) is 18.3 Å². The maximum Gasteiger partial charge on any atom is 0.335 e. The zero-order chi connectivity index (χ0) is 15.5. The van der Waals surface area contributed by atoms with Crippen LogP contribution >= 0.6 is 0 Å². The van der Waals surface area contributed by atoms with Crippen LogP contribution in [0.5, 0.6) is 0 Å². The molecule has 0 aromatic carbocycles. The molecule has 1 fully saturated rings. The first kappa shape index (κ1) is 14.2. The number of hydrogen-bond donors (Lipinski definition) is 2. The van der Waals surface area contributed by atoms with Gasteiger partial charge in [-0.05, 0) is 31.4 Å².